The summed E-state index contributed by atoms with van der Waals surface area (Å²) in [6.07, 6.45) is 0.367. The Morgan fingerprint density at radius 2 is 1.91 bits per heavy atom. The van der Waals surface area contributed by atoms with Gasteiger partial charge in [0, 0.05) is 18.1 Å². The first kappa shape index (κ1) is 15.4. The lowest BCUT2D eigenvalue weighted by Crippen LogP contribution is -2.20. The lowest BCUT2D eigenvalue weighted by molar-refractivity contribution is -0.119. The van der Waals surface area contributed by atoms with E-state index in [2.05, 4.69) is 5.16 Å². The van der Waals surface area contributed by atoms with E-state index in [-0.39, 0.29) is 12.4 Å². The predicted octanol–water partition coefficient (Wildman–Crippen LogP) is 1.68. The molecular weight excluding hydrogens is 284 g/mol. The Balaban J connectivity index is 2.18. The molecule has 6 nitrogen and oxygen atoms in total. The molecule has 6 heteroatoms. The van der Waals surface area contributed by atoms with Gasteiger partial charge in [-0.1, -0.05) is 35.5 Å². The van der Waals surface area contributed by atoms with Crippen LogP contribution in [-0.4, -0.2) is 28.5 Å². The van der Waals surface area contributed by atoms with Gasteiger partial charge in [0.1, 0.15) is 11.5 Å². The number of benzene rings is 2. The second kappa shape index (κ2) is 7.12. The van der Waals surface area contributed by atoms with Crippen molar-refractivity contribution in [2.75, 3.05) is 6.61 Å². The third kappa shape index (κ3) is 3.99. The van der Waals surface area contributed by atoms with Crippen molar-refractivity contribution in [2.45, 2.75) is 6.42 Å². The Hall–Kier alpha value is -3.02. The first-order valence-electron chi connectivity index (χ1n) is 6.59. The van der Waals surface area contributed by atoms with Crippen LogP contribution in [0.3, 0.4) is 0 Å². The lowest BCUT2D eigenvalue weighted by atomic mass is 10.0. The summed E-state index contributed by atoms with van der Waals surface area (Å²) < 4.78 is 5.10. The molecule has 0 unspecified atom stereocenters. The van der Waals surface area contributed by atoms with E-state index in [1.165, 1.54) is 6.07 Å². The van der Waals surface area contributed by atoms with Crippen LogP contribution >= 0.6 is 0 Å². The maximum Gasteiger partial charge on any atom is 0.255 e. The van der Waals surface area contributed by atoms with Crippen molar-refractivity contribution < 1.29 is 19.8 Å². The van der Waals surface area contributed by atoms with E-state index in [0.717, 1.165) is 5.56 Å². The fourth-order valence-electron chi connectivity index (χ4n) is 1.97. The second-order valence-corrected chi connectivity index (χ2v) is 4.64. The van der Waals surface area contributed by atoms with Crippen molar-refractivity contribution >= 4 is 11.6 Å². The number of hydrogen-bond acceptors (Lipinski definition) is 5. The molecule has 0 aliphatic carbocycles. The van der Waals surface area contributed by atoms with Gasteiger partial charge in [0.15, 0.2) is 6.61 Å². The van der Waals surface area contributed by atoms with Crippen LogP contribution in [0.15, 0.2) is 53.7 Å². The van der Waals surface area contributed by atoms with E-state index < -0.39 is 5.91 Å². The fraction of sp³-hybridized carbons (Fsp3) is 0.125. The lowest BCUT2D eigenvalue weighted by Gasteiger charge is -2.10. The molecule has 0 heterocycles. The Kier molecular flexibility index (Phi) is 4.98. The molecule has 2 aromatic rings. The molecule has 0 saturated carbocycles. The number of nitrogens with zero attached hydrogens (tertiary/aromatic N) is 1. The highest BCUT2D eigenvalue weighted by Crippen LogP contribution is 2.25. The van der Waals surface area contributed by atoms with Gasteiger partial charge in [-0.2, -0.15) is 0 Å². The molecule has 0 bridgehead atoms. The molecular formula is C16H16N2O4. The number of phenols is 1. The largest absolute Gasteiger partial charge is 0.507 e. The van der Waals surface area contributed by atoms with Crippen molar-refractivity contribution in [1.29, 1.82) is 0 Å². The van der Waals surface area contributed by atoms with E-state index in [4.69, 9.17) is 10.5 Å². The summed E-state index contributed by atoms with van der Waals surface area (Å²) >= 11 is 0. The summed E-state index contributed by atoms with van der Waals surface area (Å²) in [7, 11) is 0. The molecule has 0 radical (unpaired) electrons. The molecule has 0 atom stereocenters. The van der Waals surface area contributed by atoms with Crippen LogP contribution < -0.4 is 10.5 Å². The third-order valence-electron chi connectivity index (χ3n) is 3.00. The number of nitrogens with two attached hydrogens (primary N) is 1. The molecule has 1 amide bonds. The monoisotopic (exact) mass is 300 g/mol. The van der Waals surface area contributed by atoms with Crippen LogP contribution in [0, 0.1) is 0 Å². The molecule has 2 aromatic carbocycles. The smallest absolute Gasteiger partial charge is 0.255 e. The molecule has 0 aliphatic heterocycles. The van der Waals surface area contributed by atoms with Gasteiger partial charge in [-0.05, 0) is 17.7 Å². The van der Waals surface area contributed by atoms with Crippen molar-refractivity contribution in [1.82, 2.24) is 0 Å². The van der Waals surface area contributed by atoms with Crippen molar-refractivity contribution in [3.8, 4) is 11.5 Å². The summed E-state index contributed by atoms with van der Waals surface area (Å²) in [5.74, 6) is -0.409. The molecule has 22 heavy (non-hydrogen) atoms. The summed E-state index contributed by atoms with van der Waals surface area (Å²) in [6.45, 7) is -0.274. The SMILES string of the molecule is NC(=O)COc1ccc(/C(Cc2ccccc2)=N/O)c(O)c1. The van der Waals surface area contributed by atoms with Gasteiger partial charge < -0.3 is 20.8 Å². The summed E-state index contributed by atoms with van der Waals surface area (Å²) in [5, 5.41) is 22.5. The predicted molar refractivity (Wildman–Crippen MR) is 81.3 cm³/mol. The Morgan fingerprint density at radius 3 is 2.50 bits per heavy atom. The number of aromatic hydroxyl groups is 1. The quantitative estimate of drug-likeness (QED) is 0.429. The van der Waals surface area contributed by atoms with Gasteiger partial charge in [-0.15, -0.1) is 0 Å². The highest BCUT2D eigenvalue weighted by atomic mass is 16.5. The first-order valence-corrected chi connectivity index (χ1v) is 6.59. The number of ether oxygens (including phenoxy) is 1. The zero-order chi connectivity index (χ0) is 15.9. The first-order chi connectivity index (χ1) is 10.6. The number of primary amides is 1. The van der Waals surface area contributed by atoms with Gasteiger partial charge in [-0.3, -0.25) is 4.79 Å². The highest BCUT2D eigenvalue weighted by molar-refractivity contribution is 6.03. The van der Waals surface area contributed by atoms with Crippen LogP contribution in [0.1, 0.15) is 11.1 Å². The van der Waals surface area contributed by atoms with Gasteiger partial charge in [0.05, 0.1) is 5.71 Å². The number of hydrogen-bond donors (Lipinski definition) is 3. The number of amides is 1. The van der Waals surface area contributed by atoms with E-state index in [9.17, 15) is 15.1 Å². The maximum atomic E-state index is 10.7. The fourth-order valence-corrected chi connectivity index (χ4v) is 1.97. The number of carbonyl (C=O) groups excluding carboxylic acids is 1. The Morgan fingerprint density at radius 1 is 1.18 bits per heavy atom. The summed E-state index contributed by atoms with van der Waals surface area (Å²) in [4.78, 5) is 10.7. The molecule has 114 valence electrons. The number of rotatable bonds is 6. The minimum Gasteiger partial charge on any atom is -0.507 e. The molecule has 0 spiro atoms. The molecule has 0 fully saturated rings. The molecule has 0 aliphatic rings. The topological polar surface area (TPSA) is 105 Å². The van der Waals surface area contributed by atoms with Gasteiger partial charge in [0.25, 0.3) is 5.91 Å². The Bertz CT molecular complexity index is 684. The second-order valence-electron chi connectivity index (χ2n) is 4.64. The van der Waals surface area contributed by atoms with Gasteiger partial charge >= 0.3 is 0 Å². The average Bonchev–Trinajstić information content (AvgIpc) is 2.52. The van der Waals surface area contributed by atoms with Crippen LogP contribution in [0.25, 0.3) is 0 Å². The molecule has 0 aromatic heterocycles. The normalized spacial score (nSPS) is 11.2. The minimum atomic E-state index is -0.606. The number of oxime groups is 1. The molecule has 2 rings (SSSR count). The zero-order valence-corrected chi connectivity index (χ0v) is 11.8. The van der Waals surface area contributed by atoms with E-state index in [1.54, 1.807) is 12.1 Å². The van der Waals surface area contributed by atoms with Crippen molar-refractivity contribution in [2.24, 2.45) is 10.9 Å². The van der Waals surface area contributed by atoms with Crippen LogP contribution in [0.4, 0.5) is 0 Å². The number of carbonyl (C=O) groups is 1. The summed E-state index contributed by atoms with van der Waals surface area (Å²) in [6, 6.07) is 13.9. The zero-order valence-electron chi connectivity index (χ0n) is 11.8. The standard InChI is InChI=1S/C16H16N2O4/c17-16(20)10-22-12-6-7-13(15(19)9-12)14(18-21)8-11-4-2-1-3-5-11/h1-7,9,19,21H,8,10H2,(H2,17,20)/b18-14+. The maximum absolute atomic E-state index is 10.7. The van der Waals surface area contributed by atoms with E-state index in [0.29, 0.717) is 23.4 Å². The highest BCUT2D eigenvalue weighted by Gasteiger charge is 2.12. The third-order valence-corrected chi connectivity index (χ3v) is 3.00. The van der Waals surface area contributed by atoms with Crippen LogP contribution in [-0.2, 0) is 11.2 Å². The van der Waals surface area contributed by atoms with Crippen molar-refractivity contribution in [3.63, 3.8) is 0 Å². The average molecular weight is 300 g/mol. The summed E-state index contributed by atoms with van der Waals surface area (Å²) in [5.41, 5.74) is 6.64. The van der Waals surface area contributed by atoms with Gasteiger partial charge in [-0.25, -0.2) is 0 Å². The van der Waals surface area contributed by atoms with Gasteiger partial charge in [0.2, 0.25) is 0 Å². The van der Waals surface area contributed by atoms with E-state index in [1.807, 2.05) is 30.3 Å². The minimum absolute atomic E-state index is 0.106. The van der Waals surface area contributed by atoms with Crippen LogP contribution in [0.5, 0.6) is 11.5 Å². The Labute approximate surface area is 127 Å². The van der Waals surface area contributed by atoms with Crippen molar-refractivity contribution in [3.05, 3.63) is 59.7 Å². The van der Waals surface area contributed by atoms with Crippen LogP contribution in [0.2, 0.25) is 0 Å². The molecule has 4 N–H and O–H groups in total. The number of phenolic OH excluding ortho intramolecular Hbond substituents is 1. The molecule has 0 saturated heterocycles. The van der Waals surface area contributed by atoms with E-state index >= 15 is 0 Å².